The maximum absolute atomic E-state index is 10.7. The SMILES string of the molecule is [C-]#[N+]C(=NNc1ccccc1Br)C(N)=O. The largest absolute Gasteiger partial charge is 0.373 e. The third kappa shape index (κ3) is 3.07. The summed E-state index contributed by atoms with van der Waals surface area (Å²) in [4.78, 5) is 13.5. The molecular formula is C9H7BrN4O. The van der Waals surface area contributed by atoms with E-state index >= 15 is 0 Å². The Morgan fingerprint density at radius 2 is 2.20 bits per heavy atom. The minimum atomic E-state index is -0.857. The Balaban J connectivity index is 2.85. The zero-order valence-electron chi connectivity index (χ0n) is 7.57. The molecule has 0 heterocycles. The first kappa shape index (κ1) is 11.2. The number of nitrogens with zero attached hydrogens (tertiary/aromatic N) is 2. The Morgan fingerprint density at radius 3 is 2.73 bits per heavy atom. The van der Waals surface area contributed by atoms with Crippen molar-refractivity contribution in [3.05, 3.63) is 40.2 Å². The van der Waals surface area contributed by atoms with Crippen molar-refractivity contribution in [2.75, 3.05) is 5.43 Å². The van der Waals surface area contributed by atoms with Gasteiger partial charge >= 0.3 is 5.84 Å². The molecule has 76 valence electrons. The monoisotopic (exact) mass is 266 g/mol. The van der Waals surface area contributed by atoms with Crippen LogP contribution < -0.4 is 11.2 Å². The molecule has 3 N–H and O–H groups in total. The van der Waals surface area contributed by atoms with Gasteiger partial charge in [0.25, 0.3) is 5.91 Å². The van der Waals surface area contributed by atoms with Crippen LogP contribution in [0.4, 0.5) is 5.69 Å². The Morgan fingerprint density at radius 1 is 1.53 bits per heavy atom. The summed E-state index contributed by atoms with van der Waals surface area (Å²) >= 11 is 3.28. The number of carbonyl (C=O) groups is 1. The molecule has 0 fully saturated rings. The van der Waals surface area contributed by atoms with Gasteiger partial charge in [-0.15, -0.1) is 0 Å². The highest BCUT2D eigenvalue weighted by Gasteiger charge is 2.07. The van der Waals surface area contributed by atoms with Gasteiger partial charge in [-0.1, -0.05) is 18.7 Å². The Bertz CT molecular complexity index is 450. The number of amides is 1. The predicted octanol–water partition coefficient (Wildman–Crippen LogP) is 1.58. The number of carbonyl (C=O) groups excluding carboxylic acids is 1. The normalized spacial score (nSPS) is 10.5. The fourth-order valence-electron chi connectivity index (χ4n) is 0.800. The molecule has 1 rings (SSSR count). The molecule has 5 nitrogen and oxygen atoms in total. The van der Waals surface area contributed by atoms with E-state index in [4.69, 9.17) is 12.3 Å². The van der Waals surface area contributed by atoms with Crippen LogP contribution in [-0.2, 0) is 4.79 Å². The lowest BCUT2D eigenvalue weighted by Crippen LogP contribution is -2.21. The van der Waals surface area contributed by atoms with Crippen LogP contribution in [0, 0.1) is 6.57 Å². The highest BCUT2D eigenvalue weighted by atomic mass is 79.9. The molecule has 0 aliphatic carbocycles. The molecule has 0 aliphatic rings. The molecule has 0 unspecified atom stereocenters. The van der Waals surface area contributed by atoms with Gasteiger partial charge in [0.15, 0.2) is 0 Å². The first-order chi connectivity index (χ1) is 7.15. The van der Waals surface area contributed by atoms with E-state index in [1.807, 2.05) is 6.07 Å². The third-order valence-electron chi connectivity index (χ3n) is 1.48. The molecule has 1 aromatic rings. The summed E-state index contributed by atoms with van der Waals surface area (Å²) in [5.74, 6) is -1.24. The quantitative estimate of drug-likeness (QED) is 0.369. The fraction of sp³-hybridized carbons (Fsp3) is 0. The molecule has 6 heteroatoms. The standard InChI is InChI=1S/C9H7BrN4O/c1-12-9(8(11)15)14-13-7-5-3-2-4-6(7)10/h2-5,13H,(H2,11,15). The number of anilines is 1. The highest BCUT2D eigenvalue weighted by molar-refractivity contribution is 9.10. The number of halogens is 1. The molecule has 0 saturated carbocycles. The summed E-state index contributed by atoms with van der Waals surface area (Å²) in [6.07, 6.45) is 0. The van der Waals surface area contributed by atoms with Gasteiger partial charge in [-0.05, 0) is 33.2 Å². The van der Waals surface area contributed by atoms with Gasteiger partial charge in [-0.3, -0.25) is 4.79 Å². The first-order valence-corrected chi connectivity index (χ1v) is 4.70. The molecule has 1 aromatic carbocycles. The van der Waals surface area contributed by atoms with E-state index in [-0.39, 0.29) is 5.84 Å². The number of hydrogen-bond donors (Lipinski definition) is 2. The lowest BCUT2D eigenvalue weighted by molar-refractivity contribution is -0.111. The van der Waals surface area contributed by atoms with Crippen molar-refractivity contribution >= 4 is 33.4 Å². The van der Waals surface area contributed by atoms with Gasteiger partial charge in [0, 0.05) is 4.47 Å². The van der Waals surface area contributed by atoms with E-state index < -0.39 is 5.91 Å². The number of benzene rings is 1. The first-order valence-electron chi connectivity index (χ1n) is 3.90. The van der Waals surface area contributed by atoms with Gasteiger partial charge in [-0.2, -0.15) is 0 Å². The summed E-state index contributed by atoms with van der Waals surface area (Å²) < 4.78 is 0.780. The molecule has 0 aromatic heterocycles. The molecule has 1 amide bonds. The topological polar surface area (TPSA) is 71.8 Å². The van der Waals surface area contributed by atoms with Crippen molar-refractivity contribution in [3.63, 3.8) is 0 Å². The van der Waals surface area contributed by atoms with E-state index in [0.29, 0.717) is 5.69 Å². The third-order valence-corrected chi connectivity index (χ3v) is 2.17. The Labute approximate surface area is 94.9 Å². The molecule has 0 bridgehead atoms. The number of nitrogens with one attached hydrogen (secondary N) is 1. The maximum atomic E-state index is 10.7. The summed E-state index contributed by atoms with van der Waals surface area (Å²) in [6, 6.07) is 7.18. The second kappa shape index (κ2) is 5.12. The zero-order valence-corrected chi connectivity index (χ0v) is 9.15. The smallest absolute Gasteiger partial charge is 0.357 e. The van der Waals surface area contributed by atoms with E-state index in [0.717, 1.165) is 4.47 Å². The summed E-state index contributed by atoms with van der Waals surface area (Å²) in [5, 5.41) is 3.58. The summed E-state index contributed by atoms with van der Waals surface area (Å²) in [7, 11) is 0. The molecular weight excluding hydrogens is 260 g/mol. The maximum Gasteiger partial charge on any atom is 0.357 e. The summed E-state index contributed by atoms with van der Waals surface area (Å²) in [6.45, 7) is 6.65. The molecule has 0 aliphatic heterocycles. The number of nitrogens with two attached hydrogens (primary N) is 1. The van der Waals surface area contributed by atoms with E-state index in [2.05, 4.69) is 31.3 Å². The Hall–Kier alpha value is -1.87. The molecule has 0 saturated heterocycles. The lowest BCUT2D eigenvalue weighted by atomic mass is 10.3. The van der Waals surface area contributed by atoms with Crippen LogP contribution >= 0.6 is 15.9 Å². The van der Waals surface area contributed by atoms with Crippen molar-refractivity contribution in [1.29, 1.82) is 0 Å². The van der Waals surface area contributed by atoms with Crippen LogP contribution in [0.3, 0.4) is 0 Å². The van der Waals surface area contributed by atoms with Crippen molar-refractivity contribution in [1.82, 2.24) is 0 Å². The zero-order chi connectivity index (χ0) is 11.3. The van der Waals surface area contributed by atoms with Crippen LogP contribution in [0.25, 0.3) is 4.85 Å². The van der Waals surface area contributed by atoms with Crippen LogP contribution in [0.15, 0.2) is 33.8 Å². The van der Waals surface area contributed by atoms with E-state index in [1.54, 1.807) is 18.2 Å². The number of rotatable bonds is 2. The van der Waals surface area contributed by atoms with Crippen molar-refractivity contribution in [3.8, 4) is 0 Å². The van der Waals surface area contributed by atoms with Gasteiger partial charge in [0.1, 0.15) is 0 Å². The summed E-state index contributed by atoms with van der Waals surface area (Å²) in [5.41, 5.74) is 8.14. The van der Waals surface area contributed by atoms with Gasteiger partial charge in [0.2, 0.25) is 0 Å². The number of para-hydroxylation sites is 1. The van der Waals surface area contributed by atoms with Crippen LogP contribution in [0.5, 0.6) is 0 Å². The van der Waals surface area contributed by atoms with E-state index in [9.17, 15) is 4.79 Å². The van der Waals surface area contributed by atoms with E-state index in [1.165, 1.54) is 0 Å². The number of hydrogen-bond acceptors (Lipinski definition) is 3. The highest BCUT2D eigenvalue weighted by Crippen LogP contribution is 2.20. The van der Waals surface area contributed by atoms with Crippen LogP contribution in [-0.4, -0.2) is 11.7 Å². The minimum absolute atomic E-state index is 0.384. The second-order valence-corrected chi connectivity index (χ2v) is 3.36. The molecule has 15 heavy (non-hydrogen) atoms. The molecule has 0 atom stereocenters. The minimum Gasteiger partial charge on any atom is -0.373 e. The number of primary amides is 1. The van der Waals surface area contributed by atoms with Gasteiger partial charge < -0.3 is 10.6 Å². The predicted molar refractivity (Wildman–Crippen MR) is 61.0 cm³/mol. The van der Waals surface area contributed by atoms with Crippen molar-refractivity contribution in [2.24, 2.45) is 10.8 Å². The second-order valence-electron chi connectivity index (χ2n) is 2.50. The molecule has 0 radical (unpaired) electrons. The van der Waals surface area contributed by atoms with Gasteiger partial charge in [-0.25, -0.2) is 5.43 Å². The number of amidine groups is 1. The average molecular weight is 267 g/mol. The van der Waals surface area contributed by atoms with Crippen LogP contribution in [0.2, 0.25) is 0 Å². The molecule has 0 spiro atoms. The van der Waals surface area contributed by atoms with Crippen molar-refractivity contribution in [2.45, 2.75) is 0 Å². The average Bonchev–Trinajstić information content (AvgIpc) is 2.21. The number of hydrazone groups is 1. The Kier molecular flexibility index (Phi) is 3.83. The van der Waals surface area contributed by atoms with Crippen molar-refractivity contribution < 1.29 is 4.79 Å². The lowest BCUT2D eigenvalue weighted by Gasteiger charge is -1.98. The van der Waals surface area contributed by atoms with Crippen LogP contribution in [0.1, 0.15) is 0 Å². The fourth-order valence-corrected chi connectivity index (χ4v) is 1.17. The van der Waals surface area contributed by atoms with Gasteiger partial charge in [0.05, 0.1) is 5.69 Å².